The molecule has 3 aliphatic rings. The third-order valence-corrected chi connectivity index (χ3v) is 8.77. The van der Waals surface area contributed by atoms with E-state index in [1.807, 2.05) is 30.3 Å². The molecule has 0 bridgehead atoms. The first kappa shape index (κ1) is 40.9. The number of hydrazine groups is 1. The molecule has 2 atom stereocenters. The summed E-state index contributed by atoms with van der Waals surface area (Å²) in [5.41, 5.74) is 1.64. The van der Waals surface area contributed by atoms with E-state index in [4.69, 9.17) is 4.74 Å². The van der Waals surface area contributed by atoms with Gasteiger partial charge in [0, 0.05) is 31.5 Å². The van der Waals surface area contributed by atoms with Gasteiger partial charge in [-0.25, -0.2) is 10.0 Å². The van der Waals surface area contributed by atoms with Crippen LogP contribution in [0.2, 0.25) is 0 Å². The Hall–Kier alpha value is -2.82. The van der Waals surface area contributed by atoms with E-state index < -0.39 is 38.1 Å². The van der Waals surface area contributed by atoms with Gasteiger partial charge in [0.25, 0.3) is 0 Å². The maximum Gasteiger partial charge on any atom is 1.00 e. The predicted molar refractivity (Wildman–Crippen MR) is 164 cm³/mol. The van der Waals surface area contributed by atoms with Crippen LogP contribution >= 0.6 is 7.82 Å². The Morgan fingerprint density at radius 3 is 2.37 bits per heavy atom. The molecule has 258 valence electrons. The normalized spacial score (nSPS) is 19.5. The van der Waals surface area contributed by atoms with Crippen LogP contribution in [0.15, 0.2) is 85.5 Å². The van der Waals surface area contributed by atoms with Crippen molar-refractivity contribution in [3.63, 3.8) is 0 Å². The zero-order valence-corrected chi connectivity index (χ0v) is 32.9. The Morgan fingerprint density at radius 1 is 1.00 bits per heavy atom. The zero-order valence-electron chi connectivity index (χ0n) is 28.0. The Morgan fingerprint density at radius 2 is 1.71 bits per heavy atom. The first-order valence-electron chi connectivity index (χ1n) is 15.3. The predicted octanol–water partition coefficient (Wildman–Crippen LogP) is -3.79. The van der Waals surface area contributed by atoms with Crippen LogP contribution < -0.4 is 82.9 Å². The second kappa shape index (κ2) is 16.9. The molecule has 0 aromatic heterocycles. The third kappa shape index (κ3) is 9.60. The van der Waals surface area contributed by atoms with Crippen molar-refractivity contribution in [1.82, 2.24) is 19.8 Å². The summed E-state index contributed by atoms with van der Waals surface area (Å²) in [7, 11) is -5.31. The van der Waals surface area contributed by atoms with Crippen molar-refractivity contribution in [1.29, 1.82) is 0 Å². The molecule has 2 fully saturated rings. The van der Waals surface area contributed by atoms with Crippen LogP contribution in [0, 0.1) is 0 Å². The summed E-state index contributed by atoms with van der Waals surface area (Å²) in [6.45, 7) is 3.35. The number of carbonyl (C=O) groups is 3. The molecule has 3 aliphatic heterocycles. The molecule has 0 saturated carbocycles. The molecule has 13 nitrogen and oxygen atoms in total. The number of hydrogen-bond donors (Lipinski definition) is 0. The Labute approximate surface area is 336 Å². The van der Waals surface area contributed by atoms with Gasteiger partial charge in [0.1, 0.15) is 25.8 Å². The summed E-state index contributed by atoms with van der Waals surface area (Å²) in [4.78, 5) is 67.0. The van der Waals surface area contributed by atoms with E-state index in [1.165, 1.54) is 57.3 Å². The minimum absolute atomic E-state index is 0. The summed E-state index contributed by atoms with van der Waals surface area (Å²) in [5, 5.41) is 3.04. The maximum atomic E-state index is 14.2. The van der Waals surface area contributed by atoms with Gasteiger partial charge in [-0.05, 0) is 35.7 Å². The van der Waals surface area contributed by atoms with Crippen molar-refractivity contribution in [3.05, 3.63) is 102 Å². The van der Waals surface area contributed by atoms with Gasteiger partial charge in [0.2, 0.25) is 17.7 Å². The van der Waals surface area contributed by atoms with Crippen LogP contribution in [0.3, 0.4) is 0 Å². The molecule has 18 heteroatoms. The fraction of sp³-hybridized carbons (Fsp3) is 0.303. The van der Waals surface area contributed by atoms with Crippen molar-refractivity contribution < 1.29 is 111 Å². The van der Waals surface area contributed by atoms with Gasteiger partial charge in [-0.3, -0.25) is 14.4 Å². The average molecular weight is 743 g/mol. The molecule has 3 aromatic carbocycles. The summed E-state index contributed by atoms with van der Waals surface area (Å²) in [5.74, 6) is -1.91. The minimum Gasteiger partial charge on any atom is -0.780 e. The molecule has 3 heterocycles. The molecule has 6 rings (SSSR count). The first-order valence-corrected chi connectivity index (χ1v) is 16.8. The molecule has 51 heavy (non-hydrogen) atoms. The molecular weight excluding hydrogens is 711 g/mol. The number of aryl methyl sites for hydroxylation is 1. The van der Waals surface area contributed by atoms with Gasteiger partial charge in [0.15, 0.2) is 11.5 Å². The molecule has 0 unspecified atom stereocenters. The largest absolute Gasteiger partial charge is 1.00 e. The van der Waals surface area contributed by atoms with Crippen LogP contribution in [0.25, 0.3) is 0 Å². The number of hydrogen-bond acceptors (Lipinski definition) is 10. The number of fused-ring (bicyclic) bond motifs is 2. The number of phosphoric ester groups is 1. The molecule has 3 amide bonds. The molecule has 0 spiro atoms. The van der Waals surface area contributed by atoms with Gasteiger partial charge in [-0.15, -0.1) is 15.4 Å². The second-order valence-corrected chi connectivity index (χ2v) is 12.8. The second-order valence-electron chi connectivity index (χ2n) is 11.7. The zero-order chi connectivity index (χ0) is 34.9. The van der Waals surface area contributed by atoms with E-state index in [1.54, 1.807) is 11.1 Å². The molecule has 0 radical (unpaired) electrons. The van der Waals surface area contributed by atoms with E-state index in [0.29, 0.717) is 12.0 Å². The Bertz CT molecular complexity index is 1800. The van der Waals surface area contributed by atoms with Gasteiger partial charge in [-0.1, -0.05) is 60.7 Å². The molecule has 2 saturated heterocycles. The summed E-state index contributed by atoms with van der Waals surface area (Å²) >= 11 is 0. The Balaban J connectivity index is 0.00000292. The Kier molecular flexibility index (Phi) is 13.6. The van der Waals surface area contributed by atoms with Crippen molar-refractivity contribution in [3.8, 4) is 17.2 Å². The van der Waals surface area contributed by atoms with Crippen molar-refractivity contribution in [2.45, 2.75) is 44.3 Å². The van der Waals surface area contributed by atoms with E-state index >= 15 is 0 Å². The number of piperazine rings is 1. The third-order valence-electron chi connectivity index (χ3n) is 8.34. The topological polar surface area (TPSA) is 155 Å². The summed E-state index contributed by atoms with van der Waals surface area (Å²) in [6.07, 6.45) is -2.87. The first-order chi connectivity index (χ1) is 23.3. The molecule has 3 aromatic rings. The average Bonchev–Trinajstić information content (AvgIpc) is 3.37. The van der Waals surface area contributed by atoms with Gasteiger partial charge < -0.3 is 38.1 Å². The number of benzene rings is 3. The number of phosphoric acid groups is 1. The number of nitrogens with zero attached hydrogens (tertiary/aromatic N) is 4. The number of ether oxygens (including phenoxy) is 2. The van der Waals surface area contributed by atoms with Crippen molar-refractivity contribution >= 4 is 25.5 Å². The molecular formula is C33H31F2N4Na2O9P. The monoisotopic (exact) mass is 742 g/mol. The van der Waals surface area contributed by atoms with Gasteiger partial charge in [0.05, 0.1) is 13.1 Å². The number of para-hydroxylation sites is 1. The maximum absolute atomic E-state index is 14.2. The number of carbonyl (C=O) groups excluding carboxylic acids is 3. The van der Waals surface area contributed by atoms with E-state index in [-0.39, 0.29) is 127 Å². The van der Waals surface area contributed by atoms with Crippen molar-refractivity contribution in [2.75, 3.05) is 19.6 Å². The van der Waals surface area contributed by atoms with Crippen LogP contribution in [-0.2, 0) is 38.3 Å². The summed E-state index contributed by atoms with van der Waals surface area (Å²) in [6, 6.07) is 17.9. The summed E-state index contributed by atoms with van der Waals surface area (Å²) < 4.78 is 52.9. The van der Waals surface area contributed by atoms with E-state index in [2.05, 4.69) is 15.8 Å². The number of rotatable bonds is 11. The van der Waals surface area contributed by atoms with Crippen LogP contribution in [-0.4, -0.2) is 75.7 Å². The van der Waals surface area contributed by atoms with Gasteiger partial charge >= 0.3 is 65.4 Å². The number of halogens is 2. The fourth-order valence-electron chi connectivity index (χ4n) is 6.31. The van der Waals surface area contributed by atoms with Crippen LogP contribution in [0.5, 0.6) is 17.2 Å². The van der Waals surface area contributed by atoms with E-state index in [9.17, 15) is 37.5 Å². The number of amides is 3. The SMILES string of the molecule is C=CCN1CC(=O)N2[C@@H](Cc3ccc(OP(=O)([O-])[O-])cc3)C(=O)N(Cc3cccc4c3OC(F)(F)O4)C[C@@H]2N1C(=O)CCc1ccccc1.[Na+].[Na+]. The van der Waals surface area contributed by atoms with Crippen LogP contribution in [0.1, 0.15) is 23.1 Å². The quantitative estimate of drug-likeness (QED) is 0.109. The number of alkyl halides is 2. The van der Waals surface area contributed by atoms with Crippen molar-refractivity contribution in [2.24, 2.45) is 0 Å². The standard InChI is InChI=1S/C33H33F2N4O9P.2Na/c1-2-17-37-21-30(41)38-26(18-23-11-14-25(15-12-23)48-49(43,44)45)32(42)36(19-24-9-6-10-27-31(24)47-33(34,35)46-27)20-28(38)39(37)29(40)16-13-22-7-4-3-5-8-22;;/h2-12,14-15,26,28H,1,13,16-21H2,(H2,43,44,45);;/q;2*+1/p-2/t26-,28-;;/m0../s1. The van der Waals surface area contributed by atoms with E-state index in [0.717, 1.165) is 5.56 Å². The molecule has 0 aliphatic carbocycles. The van der Waals surface area contributed by atoms with Gasteiger partial charge in [-0.2, -0.15) is 0 Å². The fourth-order valence-corrected chi connectivity index (χ4v) is 6.69. The molecule has 0 N–H and O–H groups in total. The smallest absolute Gasteiger partial charge is 0.780 e. The minimum atomic E-state index is -5.31. The van der Waals surface area contributed by atoms with Crippen LogP contribution in [0.4, 0.5) is 8.78 Å².